The maximum Gasteiger partial charge on any atom is 0.253 e. The number of hydrogen-bond acceptors (Lipinski definition) is 4. The molecule has 24 heavy (non-hydrogen) atoms. The van der Waals surface area contributed by atoms with Crippen LogP contribution in [0.25, 0.3) is 0 Å². The van der Waals surface area contributed by atoms with E-state index in [0.29, 0.717) is 31.4 Å². The predicted molar refractivity (Wildman–Crippen MR) is 89.6 cm³/mol. The van der Waals surface area contributed by atoms with Crippen molar-refractivity contribution in [1.82, 2.24) is 4.90 Å². The molecule has 0 spiro atoms. The molecule has 1 aliphatic rings. The monoisotopic (exact) mass is 325 g/mol. The van der Waals surface area contributed by atoms with Crippen LogP contribution in [0.4, 0.5) is 0 Å². The molecule has 0 aromatic heterocycles. The highest BCUT2D eigenvalue weighted by molar-refractivity contribution is 5.96. The first-order valence-corrected chi connectivity index (χ1v) is 7.89. The lowest BCUT2D eigenvalue weighted by Crippen LogP contribution is -2.34. The van der Waals surface area contributed by atoms with Crippen molar-refractivity contribution in [1.29, 1.82) is 0 Å². The van der Waals surface area contributed by atoms with Crippen LogP contribution in [0.3, 0.4) is 0 Å². The molecule has 124 valence electrons. The minimum absolute atomic E-state index is 0.0983. The molecule has 1 heterocycles. The number of fused-ring (bicyclic) bond motifs is 1. The zero-order chi connectivity index (χ0) is 17.3. The topological polar surface area (TPSA) is 77.8 Å². The van der Waals surface area contributed by atoms with Gasteiger partial charge < -0.3 is 15.1 Å². The first kappa shape index (κ1) is 16.1. The summed E-state index contributed by atoms with van der Waals surface area (Å²) in [5, 5.41) is 19.3. The molecular weight excluding hydrogens is 306 g/mol. The van der Waals surface area contributed by atoms with Gasteiger partial charge in [0.15, 0.2) is 6.29 Å². The zero-order valence-corrected chi connectivity index (χ0v) is 13.4. The van der Waals surface area contributed by atoms with Gasteiger partial charge in [0.2, 0.25) is 0 Å². The number of phenolic OH excluding ortho intramolecular Hbond substituents is 2. The van der Waals surface area contributed by atoms with Crippen LogP contribution in [-0.4, -0.2) is 40.4 Å². The molecule has 1 atom stereocenters. The molecule has 0 aliphatic carbocycles. The summed E-state index contributed by atoms with van der Waals surface area (Å²) in [7, 11) is 0. The van der Waals surface area contributed by atoms with Crippen molar-refractivity contribution in [3.8, 4) is 11.5 Å². The van der Waals surface area contributed by atoms with Crippen LogP contribution in [0.2, 0.25) is 0 Å². The molecule has 2 aromatic rings. The number of hydrogen-bond donors (Lipinski definition) is 2. The predicted octanol–water partition coefficient (Wildman–Crippen LogP) is 2.71. The van der Waals surface area contributed by atoms with Crippen LogP contribution in [0, 0.1) is 0 Å². The van der Waals surface area contributed by atoms with E-state index in [1.54, 1.807) is 17.0 Å². The fraction of sp³-hybridized carbons (Fsp3) is 0.263. The highest BCUT2D eigenvalue weighted by Crippen LogP contribution is 2.29. The summed E-state index contributed by atoms with van der Waals surface area (Å²) in [6, 6.07) is 9.64. The molecule has 2 N–H and O–H groups in total. The number of aldehydes is 1. The first-order valence-electron chi connectivity index (χ1n) is 7.89. The lowest BCUT2D eigenvalue weighted by atomic mass is 9.95. The van der Waals surface area contributed by atoms with Crippen molar-refractivity contribution in [3.63, 3.8) is 0 Å². The molecule has 1 aliphatic heterocycles. The smallest absolute Gasteiger partial charge is 0.253 e. The third kappa shape index (κ3) is 2.97. The van der Waals surface area contributed by atoms with Crippen LogP contribution in [0.5, 0.6) is 11.5 Å². The average molecular weight is 325 g/mol. The molecule has 2 aromatic carbocycles. The molecule has 0 saturated heterocycles. The summed E-state index contributed by atoms with van der Waals surface area (Å²) >= 11 is 0. The van der Waals surface area contributed by atoms with Gasteiger partial charge in [0.25, 0.3) is 5.91 Å². The van der Waals surface area contributed by atoms with E-state index in [1.807, 2.05) is 13.0 Å². The number of nitrogens with zero attached hydrogens (tertiary/aromatic N) is 1. The van der Waals surface area contributed by atoms with Crippen molar-refractivity contribution < 1.29 is 19.8 Å². The number of phenols is 2. The third-order valence-corrected chi connectivity index (χ3v) is 4.49. The van der Waals surface area contributed by atoms with E-state index in [2.05, 4.69) is 0 Å². The Morgan fingerprint density at radius 1 is 1.21 bits per heavy atom. The van der Waals surface area contributed by atoms with Crippen LogP contribution in [0.1, 0.15) is 44.7 Å². The maximum absolute atomic E-state index is 12.8. The Bertz CT molecular complexity index is 800. The average Bonchev–Trinajstić information content (AvgIpc) is 2.74. The summed E-state index contributed by atoms with van der Waals surface area (Å²) in [4.78, 5) is 25.5. The molecule has 0 radical (unpaired) electrons. The van der Waals surface area contributed by atoms with E-state index in [4.69, 9.17) is 0 Å². The summed E-state index contributed by atoms with van der Waals surface area (Å²) in [6.07, 6.45) is 1.25. The molecule has 0 saturated carbocycles. The Labute approximate surface area is 140 Å². The van der Waals surface area contributed by atoms with Crippen molar-refractivity contribution in [2.24, 2.45) is 0 Å². The van der Waals surface area contributed by atoms with E-state index in [9.17, 15) is 19.8 Å². The standard InChI is InChI=1S/C19H19NO4/c1-12-10-20(7-6-13-2-4-16(22)9-17(12)13)19(24)14-3-5-18(23)15(8-14)11-21/h2-5,8-9,11-12,22-23H,6-7,10H2,1H3. The number of rotatable bonds is 2. The Hall–Kier alpha value is -2.82. The number of benzene rings is 2. The van der Waals surface area contributed by atoms with Crippen molar-refractivity contribution in [2.75, 3.05) is 13.1 Å². The highest BCUT2D eigenvalue weighted by Gasteiger charge is 2.24. The molecule has 5 heteroatoms. The van der Waals surface area contributed by atoms with Crippen LogP contribution in [-0.2, 0) is 6.42 Å². The van der Waals surface area contributed by atoms with E-state index in [-0.39, 0.29) is 28.9 Å². The van der Waals surface area contributed by atoms with E-state index in [1.165, 1.54) is 18.2 Å². The highest BCUT2D eigenvalue weighted by atomic mass is 16.3. The normalized spacial score (nSPS) is 17.0. The van der Waals surface area contributed by atoms with Gasteiger partial charge >= 0.3 is 0 Å². The van der Waals surface area contributed by atoms with E-state index < -0.39 is 0 Å². The number of amides is 1. The Morgan fingerprint density at radius 2 is 2.00 bits per heavy atom. The van der Waals surface area contributed by atoms with Crippen molar-refractivity contribution >= 4 is 12.2 Å². The second-order valence-electron chi connectivity index (χ2n) is 6.18. The second kappa shape index (κ2) is 6.35. The summed E-state index contributed by atoms with van der Waals surface area (Å²) < 4.78 is 0. The third-order valence-electron chi connectivity index (χ3n) is 4.49. The summed E-state index contributed by atoms with van der Waals surface area (Å²) in [5.74, 6) is 0.0337. The molecule has 1 amide bonds. The summed E-state index contributed by atoms with van der Waals surface area (Å²) in [5.41, 5.74) is 2.69. The van der Waals surface area contributed by atoms with Crippen molar-refractivity contribution in [3.05, 3.63) is 58.7 Å². The molecule has 3 rings (SSSR count). The van der Waals surface area contributed by atoms with Gasteiger partial charge in [-0.3, -0.25) is 9.59 Å². The Morgan fingerprint density at radius 3 is 2.75 bits per heavy atom. The molecular formula is C19H19NO4. The van der Waals surface area contributed by atoms with Crippen LogP contribution >= 0.6 is 0 Å². The molecule has 0 bridgehead atoms. The molecule has 5 nitrogen and oxygen atoms in total. The van der Waals surface area contributed by atoms with Crippen molar-refractivity contribution in [2.45, 2.75) is 19.3 Å². The van der Waals surface area contributed by atoms with Gasteiger partial charge in [0.1, 0.15) is 11.5 Å². The number of carbonyl (C=O) groups is 2. The Balaban J connectivity index is 1.86. The van der Waals surface area contributed by atoms with E-state index in [0.717, 1.165) is 11.1 Å². The lowest BCUT2D eigenvalue weighted by Gasteiger charge is -2.23. The van der Waals surface area contributed by atoms with Crippen LogP contribution < -0.4 is 0 Å². The lowest BCUT2D eigenvalue weighted by molar-refractivity contribution is 0.0754. The largest absolute Gasteiger partial charge is 0.508 e. The minimum Gasteiger partial charge on any atom is -0.508 e. The molecule has 1 unspecified atom stereocenters. The fourth-order valence-electron chi connectivity index (χ4n) is 3.19. The van der Waals surface area contributed by atoms with E-state index >= 15 is 0 Å². The number of aromatic hydroxyl groups is 2. The maximum atomic E-state index is 12.8. The quantitative estimate of drug-likeness (QED) is 0.832. The fourth-order valence-corrected chi connectivity index (χ4v) is 3.19. The first-order chi connectivity index (χ1) is 11.5. The zero-order valence-electron chi connectivity index (χ0n) is 13.4. The molecule has 0 fully saturated rings. The van der Waals surface area contributed by atoms with Gasteiger partial charge in [-0.25, -0.2) is 0 Å². The summed E-state index contributed by atoms with van der Waals surface area (Å²) in [6.45, 7) is 3.13. The van der Waals surface area contributed by atoms with Gasteiger partial charge in [0, 0.05) is 18.7 Å². The van der Waals surface area contributed by atoms with Gasteiger partial charge in [0.05, 0.1) is 5.56 Å². The number of carbonyl (C=O) groups excluding carboxylic acids is 2. The minimum atomic E-state index is -0.165. The van der Waals surface area contributed by atoms with Gasteiger partial charge in [-0.05, 0) is 53.8 Å². The SMILES string of the molecule is CC1CN(C(=O)c2ccc(O)c(C=O)c2)CCc2ccc(O)cc21. The Kier molecular flexibility index (Phi) is 4.25. The van der Waals surface area contributed by atoms with Gasteiger partial charge in [-0.2, -0.15) is 0 Å². The van der Waals surface area contributed by atoms with Gasteiger partial charge in [-0.1, -0.05) is 13.0 Å². The van der Waals surface area contributed by atoms with Gasteiger partial charge in [-0.15, -0.1) is 0 Å². The van der Waals surface area contributed by atoms with Crippen LogP contribution in [0.15, 0.2) is 36.4 Å². The second-order valence-corrected chi connectivity index (χ2v) is 6.18.